The summed E-state index contributed by atoms with van der Waals surface area (Å²) < 4.78 is 26.0. The van der Waals surface area contributed by atoms with E-state index in [-0.39, 0.29) is 4.90 Å². The van der Waals surface area contributed by atoms with Crippen molar-refractivity contribution in [3.8, 4) is 0 Å². The predicted molar refractivity (Wildman–Crippen MR) is 69.6 cm³/mol. The van der Waals surface area contributed by atoms with Gasteiger partial charge in [0.2, 0.25) is 10.0 Å². The Hall–Kier alpha value is -1.93. The molecule has 0 saturated heterocycles. The quantitative estimate of drug-likeness (QED) is 0.675. The van der Waals surface area contributed by atoms with Gasteiger partial charge in [0.15, 0.2) is 0 Å². The average molecular weight is 301 g/mol. The second-order valence-corrected chi connectivity index (χ2v) is 6.34. The van der Waals surface area contributed by atoms with Crippen LogP contribution in [0.1, 0.15) is 13.3 Å². The lowest BCUT2D eigenvalue weighted by Crippen LogP contribution is -2.42. The molecule has 1 aromatic carbocycles. The number of carboxylic acid groups (broad SMARTS) is 2. The van der Waals surface area contributed by atoms with Crippen LogP contribution in [0.25, 0.3) is 0 Å². The van der Waals surface area contributed by atoms with E-state index < -0.39 is 40.3 Å². The van der Waals surface area contributed by atoms with Gasteiger partial charge in [-0.15, -0.1) is 0 Å². The minimum Gasteiger partial charge on any atom is -0.481 e. The van der Waals surface area contributed by atoms with Crippen LogP contribution in [0.4, 0.5) is 0 Å². The summed E-state index contributed by atoms with van der Waals surface area (Å²) in [6.07, 6.45) is -0.681. The molecule has 1 unspecified atom stereocenters. The van der Waals surface area contributed by atoms with Gasteiger partial charge in [0.1, 0.15) is 0 Å². The van der Waals surface area contributed by atoms with Crippen LogP contribution in [0.5, 0.6) is 0 Å². The molecule has 20 heavy (non-hydrogen) atoms. The SMILES string of the molecule is CC(CNS(=O)(=O)c1ccccc1)(CC(=O)O)C(=O)O. The summed E-state index contributed by atoms with van der Waals surface area (Å²) in [4.78, 5) is 21.8. The molecule has 7 nitrogen and oxygen atoms in total. The number of aliphatic carboxylic acids is 2. The maximum Gasteiger partial charge on any atom is 0.311 e. The summed E-state index contributed by atoms with van der Waals surface area (Å²) in [7, 11) is -3.87. The lowest BCUT2D eigenvalue weighted by atomic mass is 9.87. The van der Waals surface area contributed by atoms with E-state index in [1.54, 1.807) is 6.07 Å². The highest BCUT2D eigenvalue weighted by molar-refractivity contribution is 7.89. The highest BCUT2D eigenvalue weighted by atomic mass is 32.2. The van der Waals surface area contributed by atoms with E-state index in [9.17, 15) is 18.0 Å². The van der Waals surface area contributed by atoms with E-state index >= 15 is 0 Å². The van der Waals surface area contributed by atoms with E-state index in [4.69, 9.17) is 10.2 Å². The molecule has 0 heterocycles. The van der Waals surface area contributed by atoms with Crippen LogP contribution < -0.4 is 4.72 Å². The molecule has 0 aromatic heterocycles. The van der Waals surface area contributed by atoms with Crippen LogP contribution in [0.3, 0.4) is 0 Å². The highest BCUT2D eigenvalue weighted by Crippen LogP contribution is 2.21. The molecule has 0 aliphatic rings. The molecule has 0 saturated carbocycles. The van der Waals surface area contributed by atoms with Gasteiger partial charge in [0.05, 0.1) is 16.7 Å². The maximum atomic E-state index is 11.9. The molecule has 1 aromatic rings. The van der Waals surface area contributed by atoms with Crippen LogP contribution in [-0.4, -0.2) is 37.1 Å². The van der Waals surface area contributed by atoms with Gasteiger partial charge in [0, 0.05) is 6.54 Å². The first-order valence-corrected chi connectivity index (χ1v) is 7.16. The third kappa shape index (κ3) is 4.04. The molecule has 0 aliphatic heterocycles. The zero-order valence-electron chi connectivity index (χ0n) is 10.7. The van der Waals surface area contributed by atoms with Gasteiger partial charge in [-0.3, -0.25) is 9.59 Å². The Balaban J connectivity index is 2.88. The molecule has 0 aliphatic carbocycles. The Labute approximate surface area is 116 Å². The second-order valence-electron chi connectivity index (χ2n) is 4.57. The van der Waals surface area contributed by atoms with Crippen LogP contribution in [0.2, 0.25) is 0 Å². The smallest absolute Gasteiger partial charge is 0.311 e. The number of hydrogen-bond acceptors (Lipinski definition) is 4. The topological polar surface area (TPSA) is 121 Å². The third-order valence-corrected chi connectivity index (χ3v) is 4.18. The van der Waals surface area contributed by atoms with Crippen LogP contribution in [-0.2, 0) is 19.6 Å². The van der Waals surface area contributed by atoms with Gasteiger partial charge in [0.25, 0.3) is 0 Å². The Kier molecular flexibility index (Phi) is 4.85. The van der Waals surface area contributed by atoms with E-state index in [1.807, 2.05) is 0 Å². The number of nitrogens with one attached hydrogen (secondary N) is 1. The summed E-state index contributed by atoms with van der Waals surface area (Å²) in [5, 5.41) is 17.8. The fourth-order valence-corrected chi connectivity index (χ4v) is 2.68. The Bertz CT molecular complexity index is 598. The first-order valence-electron chi connectivity index (χ1n) is 5.67. The molecule has 3 N–H and O–H groups in total. The molecule has 1 rings (SSSR count). The van der Waals surface area contributed by atoms with Gasteiger partial charge in [-0.2, -0.15) is 0 Å². The highest BCUT2D eigenvalue weighted by Gasteiger charge is 2.37. The van der Waals surface area contributed by atoms with Crippen molar-refractivity contribution >= 4 is 22.0 Å². The van der Waals surface area contributed by atoms with Gasteiger partial charge >= 0.3 is 11.9 Å². The lowest BCUT2D eigenvalue weighted by molar-refractivity contribution is -0.154. The van der Waals surface area contributed by atoms with E-state index in [2.05, 4.69) is 4.72 Å². The van der Waals surface area contributed by atoms with Crippen LogP contribution >= 0.6 is 0 Å². The van der Waals surface area contributed by atoms with Gasteiger partial charge in [-0.25, -0.2) is 13.1 Å². The molecule has 0 fully saturated rings. The van der Waals surface area contributed by atoms with Crippen LogP contribution in [0.15, 0.2) is 35.2 Å². The zero-order chi connectivity index (χ0) is 15.4. The molecule has 0 spiro atoms. The van der Waals surface area contributed by atoms with Crippen molar-refractivity contribution in [2.75, 3.05) is 6.54 Å². The maximum absolute atomic E-state index is 11.9. The molecule has 8 heteroatoms. The average Bonchev–Trinajstić information content (AvgIpc) is 2.37. The van der Waals surface area contributed by atoms with E-state index in [0.717, 1.165) is 0 Å². The number of sulfonamides is 1. The molecule has 1 atom stereocenters. The summed E-state index contributed by atoms with van der Waals surface area (Å²) in [6.45, 7) is 0.669. The van der Waals surface area contributed by atoms with Gasteiger partial charge in [-0.1, -0.05) is 18.2 Å². The standard InChI is InChI=1S/C12H15NO6S/c1-12(11(16)17,7-10(14)15)8-13-20(18,19)9-5-3-2-4-6-9/h2-6,13H,7-8H2,1H3,(H,14,15)(H,16,17). The fourth-order valence-electron chi connectivity index (χ4n) is 1.48. The van der Waals surface area contributed by atoms with Crippen molar-refractivity contribution in [3.63, 3.8) is 0 Å². The van der Waals surface area contributed by atoms with Crippen molar-refractivity contribution in [2.24, 2.45) is 5.41 Å². The zero-order valence-corrected chi connectivity index (χ0v) is 11.6. The Morgan fingerprint density at radius 3 is 2.20 bits per heavy atom. The fraction of sp³-hybridized carbons (Fsp3) is 0.333. The number of benzene rings is 1. The lowest BCUT2D eigenvalue weighted by Gasteiger charge is -2.23. The minimum absolute atomic E-state index is 0.0111. The largest absolute Gasteiger partial charge is 0.481 e. The molecular formula is C12H15NO6S. The molecular weight excluding hydrogens is 286 g/mol. The van der Waals surface area contributed by atoms with Gasteiger partial charge in [-0.05, 0) is 19.1 Å². The summed E-state index contributed by atoms with van der Waals surface area (Å²) in [5.41, 5.74) is -1.71. The molecule has 0 radical (unpaired) electrons. The summed E-state index contributed by atoms with van der Waals surface area (Å²) in [6, 6.07) is 7.42. The summed E-state index contributed by atoms with van der Waals surface area (Å²) >= 11 is 0. The monoisotopic (exact) mass is 301 g/mol. The van der Waals surface area contributed by atoms with E-state index in [0.29, 0.717) is 0 Å². The minimum atomic E-state index is -3.87. The normalized spacial score (nSPS) is 14.4. The van der Waals surface area contributed by atoms with Gasteiger partial charge < -0.3 is 10.2 Å². The van der Waals surface area contributed by atoms with Crippen molar-refractivity contribution < 1.29 is 28.2 Å². The second kappa shape index (κ2) is 6.02. The van der Waals surface area contributed by atoms with Crippen molar-refractivity contribution in [1.82, 2.24) is 4.72 Å². The first-order chi connectivity index (χ1) is 9.17. The van der Waals surface area contributed by atoms with E-state index in [1.165, 1.54) is 31.2 Å². The molecule has 110 valence electrons. The Morgan fingerprint density at radius 1 is 1.20 bits per heavy atom. The molecule has 0 bridgehead atoms. The summed E-state index contributed by atoms with van der Waals surface area (Å²) in [5.74, 6) is -2.69. The number of carbonyl (C=O) groups is 2. The number of hydrogen-bond donors (Lipinski definition) is 3. The van der Waals surface area contributed by atoms with Crippen molar-refractivity contribution in [3.05, 3.63) is 30.3 Å². The van der Waals surface area contributed by atoms with Crippen molar-refractivity contribution in [2.45, 2.75) is 18.2 Å². The molecule has 0 amide bonds. The van der Waals surface area contributed by atoms with Crippen LogP contribution in [0, 0.1) is 5.41 Å². The third-order valence-electron chi connectivity index (χ3n) is 2.76. The Morgan fingerprint density at radius 2 is 1.75 bits per heavy atom. The van der Waals surface area contributed by atoms with Crippen molar-refractivity contribution in [1.29, 1.82) is 0 Å². The predicted octanol–water partition coefficient (Wildman–Crippen LogP) is 0.530. The first kappa shape index (κ1) is 16.1. The number of rotatable bonds is 7. The number of carboxylic acids is 2.